The van der Waals surface area contributed by atoms with E-state index in [0.29, 0.717) is 19.3 Å². The molecular weight excluding hydrogens is 216 g/mol. The summed E-state index contributed by atoms with van der Waals surface area (Å²) in [4.78, 5) is 12.2. The van der Waals surface area contributed by atoms with Crippen LogP contribution < -0.4 is 10.6 Å². The molecule has 0 aromatic heterocycles. The molecule has 2 N–H and O–H groups in total. The van der Waals surface area contributed by atoms with E-state index in [9.17, 15) is 4.79 Å². The van der Waals surface area contributed by atoms with Crippen LogP contribution >= 0.6 is 0 Å². The van der Waals surface area contributed by atoms with Crippen molar-refractivity contribution < 1.29 is 9.53 Å². The summed E-state index contributed by atoms with van der Waals surface area (Å²) in [5, 5.41) is 6.35. The van der Waals surface area contributed by atoms with Crippen molar-refractivity contribution in [3.8, 4) is 0 Å². The van der Waals surface area contributed by atoms with E-state index in [1.807, 2.05) is 7.05 Å². The van der Waals surface area contributed by atoms with Crippen LogP contribution in [0.5, 0.6) is 0 Å². The molecule has 1 amide bonds. The second kappa shape index (κ2) is 5.83. The van der Waals surface area contributed by atoms with E-state index in [1.165, 1.54) is 12.8 Å². The Labute approximate surface area is 103 Å². The van der Waals surface area contributed by atoms with Gasteiger partial charge in [-0.15, -0.1) is 0 Å². The summed E-state index contributed by atoms with van der Waals surface area (Å²) in [6.45, 7) is 3.47. The average Bonchev–Trinajstić information content (AvgIpc) is 2.77. The van der Waals surface area contributed by atoms with Gasteiger partial charge >= 0.3 is 0 Å². The van der Waals surface area contributed by atoms with E-state index < -0.39 is 0 Å². The molecule has 0 radical (unpaired) electrons. The van der Waals surface area contributed by atoms with Crippen molar-refractivity contribution in [2.24, 2.45) is 11.8 Å². The van der Waals surface area contributed by atoms with Crippen LogP contribution in [-0.4, -0.2) is 38.3 Å². The van der Waals surface area contributed by atoms with E-state index in [0.717, 1.165) is 18.8 Å². The summed E-state index contributed by atoms with van der Waals surface area (Å²) in [7, 11) is 1.89. The number of rotatable bonds is 3. The average molecular weight is 240 g/mol. The minimum absolute atomic E-state index is 0.0165. The van der Waals surface area contributed by atoms with Gasteiger partial charge in [-0.2, -0.15) is 0 Å². The molecule has 98 valence electrons. The number of likely N-dealkylation sites (N-methyl/N-ethyl adjacent to an activating group) is 1. The Hall–Kier alpha value is -0.610. The first-order chi connectivity index (χ1) is 8.20. The lowest BCUT2D eigenvalue weighted by atomic mass is 9.86. The summed E-state index contributed by atoms with van der Waals surface area (Å²) in [6, 6.07) is 0.556. The van der Waals surface area contributed by atoms with Crippen LogP contribution in [0.15, 0.2) is 0 Å². The number of nitrogens with one attached hydrogen (secondary N) is 2. The van der Waals surface area contributed by atoms with Gasteiger partial charge in [0.05, 0.1) is 19.1 Å². The monoisotopic (exact) mass is 240 g/mol. The van der Waals surface area contributed by atoms with Gasteiger partial charge in [0.2, 0.25) is 5.91 Å². The van der Waals surface area contributed by atoms with Crippen molar-refractivity contribution in [3.63, 3.8) is 0 Å². The first kappa shape index (κ1) is 12.8. The van der Waals surface area contributed by atoms with Gasteiger partial charge in [0.15, 0.2) is 0 Å². The molecule has 2 fully saturated rings. The lowest BCUT2D eigenvalue weighted by Gasteiger charge is -2.29. The zero-order valence-corrected chi connectivity index (χ0v) is 10.9. The molecule has 4 atom stereocenters. The third-order valence-corrected chi connectivity index (χ3v) is 4.07. The van der Waals surface area contributed by atoms with Crippen LogP contribution in [0.2, 0.25) is 0 Å². The first-order valence-electron chi connectivity index (χ1n) is 6.76. The van der Waals surface area contributed by atoms with E-state index in [1.54, 1.807) is 0 Å². The quantitative estimate of drug-likeness (QED) is 0.771. The molecular formula is C13H24N2O2. The molecule has 1 saturated carbocycles. The second-order valence-electron chi connectivity index (χ2n) is 5.52. The lowest BCUT2D eigenvalue weighted by molar-refractivity contribution is -0.126. The van der Waals surface area contributed by atoms with Crippen molar-refractivity contribution >= 4 is 5.91 Å². The van der Waals surface area contributed by atoms with E-state index in [4.69, 9.17) is 4.74 Å². The fraction of sp³-hybridized carbons (Fsp3) is 0.923. The Kier molecular flexibility index (Phi) is 4.40. The third kappa shape index (κ3) is 3.19. The van der Waals surface area contributed by atoms with Crippen LogP contribution in [0, 0.1) is 11.8 Å². The van der Waals surface area contributed by atoms with Gasteiger partial charge in [0, 0.05) is 12.1 Å². The van der Waals surface area contributed by atoms with Crippen molar-refractivity contribution in [2.45, 2.75) is 44.7 Å². The molecule has 2 aliphatic rings. The summed E-state index contributed by atoms with van der Waals surface area (Å²) < 4.78 is 5.37. The number of hydrogen-bond donors (Lipinski definition) is 2. The number of carbonyl (C=O) groups excluding carboxylic acids is 1. The Morgan fingerprint density at radius 1 is 1.29 bits per heavy atom. The molecule has 1 aliphatic carbocycles. The number of hydrogen-bond acceptors (Lipinski definition) is 3. The molecule has 0 spiro atoms. The molecule has 2 rings (SSSR count). The maximum atomic E-state index is 12.2. The van der Waals surface area contributed by atoms with E-state index >= 15 is 0 Å². The number of ether oxygens (including phenoxy) is 1. The van der Waals surface area contributed by atoms with Crippen LogP contribution in [0.1, 0.15) is 32.6 Å². The highest BCUT2D eigenvalue weighted by Gasteiger charge is 2.34. The maximum Gasteiger partial charge on any atom is 0.227 e. The van der Waals surface area contributed by atoms with Gasteiger partial charge < -0.3 is 15.4 Å². The molecule has 0 bridgehead atoms. The molecule has 0 aromatic rings. The summed E-state index contributed by atoms with van der Waals surface area (Å²) in [6.07, 6.45) is 4.80. The minimum atomic E-state index is -0.0165. The minimum Gasteiger partial charge on any atom is -0.379 e. The summed E-state index contributed by atoms with van der Waals surface area (Å²) in [5.41, 5.74) is 0. The molecule has 0 aromatic carbocycles. The van der Waals surface area contributed by atoms with Gasteiger partial charge in [0.1, 0.15) is 0 Å². The van der Waals surface area contributed by atoms with Crippen LogP contribution in [0.4, 0.5) is 0 Å². The van der Waals surface area contributed by atoms with E-state index in [2.05, 4.69) is 17.6 Å². The highest BCUT2D eigenvalue weighted by atomic mass is 16.5. The molecule has 17 heavy (non-hydrogen) atoms. The van der Waals surface area contributed by atoms with Gasteiger partial charge in [-0.3, -0.25) is 4.79 Å². The number of carbonyl (C=O) groups is 1. The standard InChI is InChI=1S/C13H24N2O2/c1-9-4-3-5-10(6-9)15-13(16)11-7-17-8-12(11)14-2/h9-12,14H,3-8H2,1-2H3,(H,15,16). The summed E-state index contributed by atoms with van der Waals surface area (Å²) in [5.74, 6) is 0.896. The highest BCUT2D eigenvalue weighted by molar-refractivity contribution is 5.80. The van der Waals surface area contributed by atoms with Crippen LogP contribution in [0.3, 0.4) is 0 Å². The zero-order valence-electron chi connectivity index (χ0n) is 10.9. The third-order valence-electron chi connectivity index (χ3n) is 4.07. The Bertz CT molecular complexity index is 270. The fourth-order valence-corrected chi connectivity index (χ4v) is 2.97. The Balaban J connectivity index is 1.83. The topological polar surface area (TPSA) is 50.4 Å². The maximum absolute atomic E-state index is 12.2. The molecule has 1 heterocycles. The summed E-state index contributed by atoms with van der Waals surface area (Å²) >= 11 is 0. The predicted octanol–water partition coefficient (Wildman–Crippen LogP) is 0.916. The Morgan fingerprint density at radius 3 is 2.82 bits per heavy atom. The highest BCUT2D eigenvalue weighted by Crippen LogP contribution is 2.24. The van der Waals surface area contributed by atoms with Crippen molar-refractivity contribution in [3.05, 3.63) is 0 Å². The largest absolute Gasteiger partial charge is 0.379 e. The molecule has 1 aliphatic heterocycles. The van der Waals surface area contributed by atoms with Gasteiger partial charge in [-0.05, 0) is 25.8 Å². The van der Waals surface area contributed by atoms with Crippen molar-refractivity contribution in [1.82, 2.24) is 10.6 Å². The lowest BCUT2D eigenvalue weighted by Crippen LogP contribution is -2.47. The normalized spacial score (nSPS) is 38.0. The predicted molar refractivity (Wildman–Crippen MR) is 66.7 cm³/mol. The molecule has 4 unspecified atom stereocenters. The smallest absolute Gasteiger partial charge is 0.227 e. The van der Waals surface area contributed by atoms with Gasteiger partial charge in [-0.25, -0.2) is 0 Å². The van der Waals surface area contributed by atoms with E-state index in [-0.39, 0.29) is 17.9 Å². The van der Waals surface area contributed by atoms with Crippen LogP contribution in [-0.2, 0) is 9.53 Å². The van der Waals surface area contributed by atoms with Crippen molar-refractivity contribution in [1.29, 1.82) is 0 Å². The molecule has 4 heteroatoms. The Morgan fingerprint density at radius 2 is 2.12 bits per heavy atom. The zero-order chi connectivity index (χ0) is 12.3. The van der Waals surface area contributed by atoms with Crippen molar-refractivity contribution in [2.75, 3.05) is 20.3 Å². The molecule has 1 saturated heterocycles. The number of amides is 1. The molecule has 4 nitrogen and oxygen atoms in total. The first-order valence-corrected chi connectivity index (χ1v) is 6.76. The van der Waals surface area contributed by atoms with Gasteiger partial charge in [-0.1, -0.05) is 19.8 Å². The van der Waals surface area contributed by atoms with Crippen LogP contribution in [0.25, 0.3) is 0 Å². The van der Waals surface area contributed by atoms with Gasteiger partial charge in [0.25, 0.3) is 0 Å². The second-order valence-corrected chi connectivity index (χ2v) is 5.52. The fourth-order valence-electron chi connectivity index (χ4n) is 2.97. The SMILES string of the molecule is CNC1COCC1C(=O)NC1CCCC(C)C1.